The molecule has 4 nitrogen and oxygen atoms in total. The molecule has 1 atom stereocenters. The van der Waals surface area contributed by atoms with Gasteiger partial charge in [0.15, 0.2) is 5.78 Å². The predicted molar refractivity (Wildman–Crippen MR) is 55.7 cm³/mol. The molecule has 0 aliphatic carbocycles. The Balaban J connectivity index is 2.43. The van der Waals surface area contributed by atoms with Crippen molar-refractivity contribution in [3.05, 3.63) is 35.1 Å². The molecule has 84 valence electrons. The quantitative estimate of drug-likeness (QED) is 0.764. The zero-order valence-corrected chi connectivity index (χ0v) is 8.50. The number of hydrogen-bond donors (Lipinski definition) is 2. The van der Waals surface area contributed by atoms with Gasteiger partial charge in [-0.15, -0.1) is 0 Å². The van der Waals surface area contributed by atoms with E-state index in [9.17, 15) is 14.0 Å². The van der Waals surface area contributed by atoms with Crippen molar-refractivity contribution in [2.45, 2.75) is 12.5 Å². The van der Waals surface area contributed by atoms with Crippen LogP contribution in [0.4, 0.5) is 4.39 Å². The highest BCUT2D eigenvalue weighted by Gasteiger charge is 2.31. The molecule has 0 saturated carbocycles. The molecule has 0 unspecified atom stereocenters. The number of ketones is 1. The highest BCUT2D eigenvalue weighted by Crippen LogP contribution is 2.19. The van der Waals surface area contributed by atoms with Gasteiger partial charge >= 0.3 is 0 Å². The second-order valence-corrected chi connectivity index (χ2v) is 3.66. The van der Waals surface area contributed by atoms with Crippen LogP contribution in [-0.4, -0.2) is 24.3 Å². The van der Waals surface area contributed by atoms with Gasteiger partial charge in [-0.2, -0.15) is 0 Å². The molecule has 1 heterocycles. The van der Waals surface area contributed by atoms with Crippen molar-refractivity contribution in [1.82, 2.24) is 5.32 Å². The summed E-state index contributed by atoms with van der Waals surface area (Å²) in [5, 5.41) is 2.52. The van der Waals surface area contributed by atoms with Gasteiger partial charge in [-0.3, -0.25) is 9.59 Å². The topological polar surface area (TPSA) is 72.2 Å². The second kappa shape index (κ2) is 4.02. The van der Waals surface area contributed by atoms with E-state index in [-0.39, 0.29) is 16.9 Å². The van der Waals surface area contributed by atoms with E-state index >= 15 is 0 Å². The van der Waals surface area contributed by atoms with Gasteiger partial charge in [0.25, 0.3) is 5.91 Å². The van der Waals surface area contributed by atoms with Gasteiger partial charge in [0.05, 0.1) is 11.6 Å². The first-order chi connectivity index (χ1) is 7.63. The van der Waals surface area contributed by atoms with E-state index in [0.717, 1.165) is 6.07 Å². The van der Waals surface area contributed by atoms with E-state index in [4.69, 9.17) is 5.73 Å². The number of nitrogens with one attached hydrogen (secondary N) is 1. The fourth-order valence-corrected chi connectivity index (χ4v) is 1.78. The van der Waals surface area contributed by atoms with Crippen LogP contribution in [0.1, 0.15) is 27.1 Å². The van der Waals surface area contributed by atoms with Crippen LogP contribution in [0, 0.1) is 5.82 Å². The third kappa shape index (κ3) is 1.69. The number of fused-ring (bicyclic) bond motifs is 1. The maximum absolute atomic E-state index is 12.9. The lowest BCUT2D eigenvalue weighted by Gasteiger charge is -2.23. The van der Waals surface area contributed by atoms with Gasteiger partial charge in [-0.1, -0.05) is 0 Å². The van der Waals surface area contributed by atoms with Crippen molar-refractivity contribution in [1.29, 1.82) is 0 Å². The Morgan fingerprint density at radius 3 is 2.75 bits per heavy atom. The van der Waals surface area contributed by atoms with Crippen molar-refractivity contribution in [3.8, 4) is 0 Å². The van der Waals surface area contributed by atoms with Crippen molar-refractivity contribution in [3.63, 3.8) is 0 Å². The number of nitrogens with two attached hydrogens (primary N) is 1. The minimum absolute atomic E-state index is 0.0956. The van der Waals surface area contributed by atoms with Crippen molar-refractivity contribution >= 4 is 11.7 Å². The van der Waals surface area contributed by atoms with E-state index in [1.807, 2.05) is 0 Å². The molecule has 5 heteroatoms. The summed E-state index contributed by atoms with van der Waals surface area (Å²) in [5.41, 5.74) is 5.71. The summed E-state index contributed by atoms with van der Waals surface area (Å²) in [6.07, 6.45) is 0.390. The van der Waals surface area contributed by atoms with Crippen LogP contribution in [0.5, 0.6) is 0 Å². The van der Waals surface area contributed by atoms with Crippen LogP contribution < -0.4 is 11.1 Å². The van der Waals surface area contributed by atoms with Gasteiger partial charge in [-0.05, 0) is 31.2 Å². The number of halogens is 1. The zero-order valence-electron chi connectivity index (χ0n) is 8.50. The highest BCUT2D eigenvalue weighted by atomic mass is 19.1. The molecule has 0 fully saturated rings. The third-order valence-corrected chi connectivity index (χ3v) is 2.57. The second-order valence-electron chi connectivity index (χ2n) is 3.66. The van der Waals surface area contributed by atoms with Gasteiger partial charge in [-0.25, -0.2) is 4.39 Å². The van der Waals surface area contributed by atoms with E-state index in [1.54, 1.807) is 0 Å². The summed E-state index contributed by atoms with van der Waals surface area (Å²) in [6.45, 7) is 0.313. The molecule has 0 radical (unpaired) electrons. The first kappa shape index (κ1) is 10.8. The van der Waals surface area contributed by atoms with E-state index < -0.39 is 17.8 Å². The summed E-state index contributed by atoms with van der Waals surface area (Å²) < 4.78 is 12.9. The molecule has 3 N–H and O–H groups in total. The molecule has 1 aliphatic rings. The summed E-state index contributed by atoms with van der Waals surface area (Å²) in [5.74, 6) is -1.16. The number of rotatable bonds is 2. The standard InChI is InChI=1S/C11H11FN2O2/c12-6-1-2-7-8(5-6)11(16)14-9(3-4-13)10(7)15/h1-2,5,9H,3-4,13H2,(H,14,16)/t9-/m0/s1. The Morgan fingerprint density at radius 1 is 1.31 bits per heavy atom. The van der Waals surface area contributed by atoms with Crippen LogP contribution in [0.25, 0.3) is 0 Å². The molecule has 0 saturated heterocycles. The molecule has 0 spiro atoms. The van der Waals surface area contributed by atoms with E-state index in [2.05, 4.69) is 5.32 Å². The zero-order chi connectivity index (χ0) is 11.7. The first-order valence-corrected chi connectivity index (χ1v) is 4.98. The Labute approximate surface area is 91.6 Å². The Bertz CT molecular complexity index is 459. The first-order valence-electron chi connectivity index (χ1n) is 4.98. The molecule has 0 aromatic heterocycles. The fourth-order valence-electron chi connectivity index (χ4n) is 1.78. The van der Waals surface area contributed by atoms with Crippen molar-refractivity contribution in [2.75, 3.05) is 6.54 Å². The number of hydrogen-bond acceptors (Lipinski definition) is 3. The maximum atomic E-state index is 12.9. The van der Waals surface area contributed by atoms with Crippen LogP contribution in [0.15, 0.2) is 18.2 Å². The molecule has 1 amide bonds. The van der Waals surface area contributed by atoms with Crippen LogP contribution in [0.3, 0.4) is 0 Å². The lowest BCUT2D eigenvalue weighted by atomic mass is 9.92. The molecule has 2 rings (SSSR count). The largest absolute Gasteiger partial charge is 0.342 e. The van der Waals surface area contributed by atoms with E-state index in [0.29, 0.717) is 13.0 Å². The average Bonchev–Trinajstić information content (AvgIpc) is 2.26. The summed E-state index contributed by atoms with van der Waals surface area (Å²) in [7, 11) is 0. The van der Waals surface area contributed by atoms with Gasteiger partial charge < -0.3 is 11.1 Å². The minimum Gasteiger partial charge on any atom is -0.342 e. The smallest absolute Gasteiger partial charge is 0.252 e. The Morgan fingerprint density at radius 2 is 2.06 bits per heavy atom. The summed E-state index contributed by atoms with van der Waals surface area (Å²) in [6, 6.07) is 3.00. The number of benzene rings is 1. The molecule has 0 bridgehead atoms. The normalized spacial score (nSPS) is 19.2. The Hall–Kier alpha value is -1.75. The van der Waals surface area contributed by atoms with Crippen molar-refractivity contribution < 1.29 is 14.0 Å². The molecular formula is C11H11FN2O2. The summed E-state index contributed by atoms with van der Waals surface area (Å²) >= 11 is 0. The predicted octanol–water partition coefficient (Wildman–Crippen LogP) is 0.469. The number of amides is 1. The molecule has 1 aromatic rings. The number of Topliss-reactive ketones (excluding diaryl/α,β-unsaturated/α-hetero) is 1. The fraction of sp³-hybridized carbons (Fsp3) is 0.273. The SMILES string of the molecule is NCC[C@@H]1NC(=O)c2cc(F)ccc2C1=O. The number of carbonyl (C=O) groups excluding carboxylic acids is 2. The van der Waals surface area contributed by atoms with Crippen LogP contribution in [-0.2, 0) is 0 Å². The summed E-state index contributed by atoms with van der Waals surface area (Å²) in [4.78, 5) is 23.5. The third-order valence-electron chi connectivity index (χ3n) is 2.57. The molecule has 1 aliphatic heterocycles. The molecule has 1 aromatic carbocycles. The van der Waals surface area contributed by atoms with Gasteiger partial charge in [0.1, 0.15) is 5.82 Å². The van der Waals surface area contributed by atoms with Gasteiger partial charge in [0, 0.05) is 5.56 Å². The number of carbonyl (C=O) groups is 2. The Kier molecular flexibility index (Phi) is 2.70. The minimum atomic E-state index is -0.588. The van der Waals surface area contributed by atoms with E-state index in [1.165, 1.54) is 12.1 Å². The maximum Gasteiger partial charge on any atom is 0.252 e. The average molecular weight is 222 g/mol. The van der Waals surface area contributed by atoms with Crippen molar-refractivity contribution in [2.24, 2.45) is 5.73 Å². The lowest BCUT2D eigenvalue weighted by molar-refractivity contribution is 0.0824. The van der Waals surface area contributed by atoms with Crippen LogP contribution in [0.2, 0.25) is 0 Å². The lowest BCUT2D eigenvalue weighted by Crippen LogP contribution is -2.47. The highest BCUT2D eigenvalue weighted by molar-refractivity contribution is 6.15. The monoisotopic (exact) mass is 222 g/mol. The molecule has 16 heavy (non-hydrogen) atoms. The van der Waals surface area contributed by atoms with Gasteiger partial charge in [0.2, 0.25) is 0 Å². The van der Waals surface area contributed by atoms with Crippen LogP contribution >= 0.6 is 0 Å². The molecular weight excluding hydrogens is 211 g/mol.